The van der Waals surface area contributed by atoms with Crippen LogP contribution in [0.3, 0.4) is 0 Å². The number of rotatable bonds is 4. The summed E-state index contributed by atoms with van der Waals surface area (Å²) in [7, 11) is 1.77. The first-order chi connectivity index (χ1) is 12.0. The van der Waals surface area contributed by atoms with Crippen LogP contribution in [0.15, 0.2) is 29.1 Å². The lowest BCUT2D eigenvalue weighted by molar-refractivity contribution is -0.150. The number of esters is 1. The molecule has 0 spiro atoms. The summed E-state index contributed by atoms with van der Waals surface area (Å²) < 4.78 is 6.79. The molecule has 0 radical (unpaired) electrons. The third-order valence-electron chi connectivity index (χ3n) is 4.78. The first kappa shape index (κ1) is 18.0. The number of ether oxygens (including phenoxy) is 1. The number of aryl methyl sites for hydroxylation is 1. The summed E-state index contributed by atoms with van der Waals surface area (Å²) in [5.74, 6) is -0.231. The first-order valence-electron chi connectivity index (χ1n) is 8.66. The van der Waals surface area contributed by atoms with Crippen LogP contribution in [0, 0.1) is 5.92 Å². The molecule has 1 aromatic carbocycles. The van der Waals surface area contributed by atoms with Crippen LogP contribution in [-0.2, 0) is 23.1 Å². The molecule has 1 aliphatic rings. The Labute approximate surface area is 152 Å². The van der Waals surface area contributed by atoms with Crippen molar-refractivity contribution in [2.45, 2.75) is 26.3 Å². The number of halogens is 1. The number of fused-ring (bicyclic) bond motifs is 1. The minimum atomic E-state index is -0.131. The van der Waals surface area contributed by atoms with Crippen molar-refractivity contribution < 1.29 is 9.53 Å². The highest BCUT2D eigenvalue weighted by Crippen LogP contribution is 2.22. The van der Waals surface area contributed by atoms with Crippen LogP contribution >= 0.6 is 11.6 Å². The van der Waals surface area contributed by atoms with Gasteiger partial charge in [0.25, 0.3) is 5.56 Å². The number of pyridine rings is 1. The molecule has 0 bridgehead atoms. The standard InChI is InChI=1S/C19H23ClN2O3/c1-3-25-19(24)14-5-4-8-22(11-14)12-15-9-13-6-7-16(20)10-17(13)21(2)18(15)23/h6-7,9-10,14H,3-5,8,11-12H2,1-2H3/t14-/m0/s1. The molecule has 0 amide bonds. The van der Waals surface area contributed by atoms with Crippen LogP contribution in [0.1, 0.15) is 25.3 Å². The van der Waals surface area contributed by atoms with Gasteiger partial charge < -0.3 is 9.30 Å². The quantitative estimate of drug-likeness (QED) is 0.785. The molecule has 2 aromatic rings. The molecule has 6 heteroatoms. The molecule has 1 saturated heterocycles. The molecule has 1 fully saturated rings. The van der Waals surface area contributed by atoms with Crippen molar-refractivity contribution in [2.24, 2.45) is 13.0 Å². The lowest BCUT2D eigenvalue weighted by Gasteiger charge is -2.31. The largest absolute Gasteiger partial charge is 0.466 e. The maximum Gasteiger partial charge on any atom is 0.310 e. The van der Waals surface area contributed by atoms with E-state index in [4.69, 9.17) is 16.3 Å². The second-order valence-corrected chi connectivity index (χ2v) is 7.00. The predicted octanol–water partition coefficient (Wildman–Crippen LogP) is 2.97. The molecule has 0 N–H and O–H groups in total. The summed E-state index contributed by atoms with van der Waals surface area (Å²) >= 11 is 6.04. The van der Waals surface area contributed by atoms with Crippen molar-refractivity contribution in [3.63, 3.8) is 0 Å². The number of hydrogen-bond donors (Lipinski definition) is 0. The van der Waals surface area contributed by atoms with Gasteiger partial charge in [-0.1, -0.05) is 17.7 Å². The maximum atomic E-state index is 12.7. The molecule has 0 unspecified atom stereocenters. The smallest absolute Gasteiger partial charge is 0.310 e. The van der Waals surface area contributed by atoms with Gasteiger partial charge in [-0.05, 0) is 49.9 Å². The van der Waals surface area contributed by atoms with Gasteiger partial charge in [0, 0.05) is 30.7 Å². The van der Waals surface area contributed by atoms with Gasteiger partial charge in [0.1, 0.15) is 0 Å². The summed E-state index contributed by atoms with van der Waals surface area (Å²) in [6.45, 7) is 4.30. The highest BCUT2D eigenvalue weighted by molar-refractivity contribution is 6.31. The van der Waals surface area contributed by atoms with Crippen LogP contribution in [0.2, 0.25) is 5.02 Å². The monoisotopic (exact) mass is 362 g/mol. The van der Waals surface area contributed by atoms with Gasteiger partial charge in [-0.15, -0.1) is 0 Å². The highest BCUT2D eigenvalue weighted by Gasteiger charge is 2.27. The Morgan fingerprint density at radius 2 is 2.16 bits per heavy atom. The zero-order valence-corrected chi connectivity index (χ0v) is 15.4. The van der Waals surface area contributed by atoms with Gasteiger partial charge in [0.15, 0.2) is 0 Å². The molecule has 25 heavy (non-hydrogen) atoms. The highest BCUT2D eigenvalue weighted by atomic mass is 35.5. The third-order valence-corrected chi connectivity index (χ3v) is 5.02. The fourth-order valence-corrected chi connectivity index (χ4v) is 3.68. The summed E-state index contributed by atoms with van der Waals surface area (Å²) in [4.78, 5) is 26.9. The molecule has 2 heterocycles. The fraction of sp³-hybridized carbons (Fsp3) is 0.474. The van der Waals surface area contributed by atoms with Gasteiger partial charge in [-0.3, -0.25) is 14.5 Å². The van der Waals surface area contributed by atoms with Gasteiger partial charge in [-0.2, -0.15) is 0 Å². The normalized spacial score (nSPS) is 18.4. The Kier molecular flexibility index (Phi) is 5.45. The van der Waals surface area contributed by atoms with Crippen molar-refractivity contribution in [1.82, 2.24) is 9.47 Å². The summed E-state index contributed by atoms with van der Waals surface area (Å²) in [6.07, 6.45) is 1.79. The molecule has 3 rings (SSSR count). The Bertz CT molecular complexity index is 846. The lowest BCUT2D eigenvalue weighted by atomic mass is 9.97. The lowest BCUT2D eigenvalue weighted by Crippen LogP contribution is -2.40. The average molecular weight is 363 g/mol. The van der Waals surface area contributed by atoms with Gasteiger partial charge in [-0.25, -0.2) is 0 Å². The van der Waals surface area contributed by atoms with E-state index in [0.717, 1.165) is 35.9 Å². The van der Waals surface area contributed by atoms with E-state index in [-0.39, 0.29) is 17.4 Å². The van der Waals surface area contributed by atoms with Gasteiger partial charge >= 0.3 is 5.97 Å². The van der Waals surface area contributed by atoms with E-state index in [9.17, 15) is 9.59 Å². The van der Waals surface area contributed by atoms with E-state index in [1.165, 1.54) is 0 Å². The van der Waals surface area contributed by atoms with Crippen LogP contribution in [0.4, 0.5) is 0 Å². The number of piperidine rings is 1. The van der Waals surface area contributed by atoms with E-state index in [1.807, 2.05) is 25.1 Å². The molecule has 134 valence electrons. The molecular weight excluding hydrogens is 340 g/mol. The van der Waals surface area contributed by atoms with Crippen molar-refractivity contribution in [2.75, 3.05) is 19.7 Å². The maximum absolute atomic E-state index is 12.7. The van der Waals surface area contributed by atoms with Crippen molar-refractivity contribution in [3.05, 3.63) is 45.2 Å². The van der Waals surface area contributed by atoms with Crippen LogP contribution in [0.5, 0.6) is 0 Å². The van der Waals surface area contributed by atoms with Gasteiger partial charge in [0.2, 0.25) is 0 Å². The Morgan fingerprint density at radius 3 is 2.92 bits per heavy atom. The number of likely N-dealkylation sites (tertiary alicyclic amines) is 1. The second kappa shape index (κ2) is 7.58. The number of hydrogen-bond acceptors (Lipinski definition) is 4. The van der Waals surface area contributed by atoms with Crippen LogP contribution in [0.25, 0.3) is 10.9 Å². The Balaban J connectivity index is 1.83. The zero-order valence-electron chi connectivity index (χ0n) is 14.6. The number of nitrogens with zero attached hydrogens (tertiary/aromatic N) is 2. The van der Waals surface area contributed by atoms with Crippen molar-refractivity contribution in [1.29, 1.82) is 0 Å². The van der Waals surface area contributed by atoms with Crippen LogP contribution in [-0.4, -0.2) is 35.1 Å². The number of aromatic nitrogens is 1. The minimum Gasteiger partial charge on any atom is -0.466 e. The summed E-state index contributed by atoms with van der Waals surface area (Å²) in [5, 5.41) is 1.60. The molecule has 1 atom stereocenters. The molecule has 5 nitrogen and oxygen atoms in total. The molecule has 0 aliphatic carbocycles. The molecule has 1 aliphatic heterocycles. The Hall–Kier alpha value is -1.85. The number of benzene rings is 1. The number of carbonyl (C=O) groups excluding carboxylic acids is 1. The molecule has 1 aromatic heterocycles. The second-order valence-electron chi connectivity index (χ2n) is 6.56. The first-order valence-corrected chi connectivity index (χ1v) is 9.04. The van der Waals surface area contributed by atoms with E-state index >= 15 is 0 Å². The van der Waals surface area contributed by atoms with E-state index in [0.29, 0.717) is 24.7 Å². The molecule has 0 saturated carbocycles. The van der Waals surface area contributed by atoms with Crippen molar-refractivity contribution >= 4 is 28.5 Å². The third kappa shape index (κ3) is 3.88. The SMILES string of the molecule is CCOC(=O)[C@H]1CCCN(Cc2cc3ccc(Cl)cc3n(C)c2=O)C1. The molecular formula is C19H23ClN2O3. The van der Waals surface area contributed by atoms with Gasteiger partial charge in [0.05, 0.1) is 18.0 Å². The van der Waals surface area contributed by atoms with E-state index < -0.39 is 0 Å². The average Bonchev–Trinajstić information content (AvgIpc) is 2.60. The summed E-state index contributed by atoms with van der Waals surface area (Å²) in [6, 6.07) is 7.50. The van der Waals surface area contributed by atoms with E-state index in [1.54, 1.807) is 17.7 Å². The van der Waals surface area contributed by atoms with Crippen LogP contribution < -0.4 is 5.56 Å². The topological polar surface area (TPSA) is 51.5 Å². The number of carbonyl (C=O) groups is 1. The summed E-state index contributed by atoms with van der Waals surface area (Å²) in [5.41, 5.74) is 1.54. The minimum absolute atomic E-state index is 0.0203. The predicted molar refractivity (Wildman–Crippen MR) is 98.8 cm³/mol. The fourth-order valence-electron chi connectivity index (χ4n) is 3.51. The van der Waals surface area contributed by atoms with Crippen molar-refractivity contribution in [3.8, 4) is 0 Å². The van der Waals surface area contributed by atoms with E-state index in [2.05, 4.69) is 4.90 Å². The Morgan fingerprint density at radius 1 is 1.36 bits per heavy atom. The zero-order chi connectivity index (χ0) is 18.0.